The first-order chi connectivity index (χ1) is 16.0. The summed E-state index contributed by atoms with van der Waals surface area (Å²) in [7, 11) is 0. The fraction of sp³-hybridized carbons (Fsp3) is 0.615. The molecule has 1 aliphatic carbocycles. The molecule has 4 amide bonds. The van der Waals surface area contributed by atoms with Crippen molar-refractivity contribution in [2.45, 2.75) is 78.7 Å². The molecule has 1 spiro atoms. The fourth-order valence-electron chi connectivity index (χ4n) is 5.03. The number of para-hydroxylation sites is 1. The van der Waals surface area contributed by atoms with Crippen LogP contribution in [-0.4, -0.2) is 47.4 Å². The van der Waals surface area contributed by atoms with E-state index in [0.29, 0.717) is 18.8 Å². The highest BCUT2D eigenvalue weighted by Crippen LogP contribution is 2.43. The summed E-state index contributed by atoms with van der Waals surface area (Å²) in [5.41, 5.74) is 1.97. The summed E-state index contributed by atoms with van der Waals surface area (Å²) < 4.78 is 5.09. The third-order valence-corrected chi connectivity index (χ3v) is 7.22. The number of imide groups is 1. The summed E-state index contributed by atoms with van der Waals surface area (Å²) >= 11 is 0. The van der Waals surface area contributed by atoms with Gasteiger partial charge in [0, 0.05) is 5.69 Å². The highest BCUT2D eigenvalue weighted by molar-refractivity contribution is 6.08. The molecule has 0 unspecified atom stereocenters. The Bertz CT molecular complexity index is 935. The van der Waals surface area contributed by atoms with Gasteiger partial charge in [0.15, 0.2) is 6.61 Å². The molecule has 0 bridgehead atoms. The van der Waals surface area contributed by atoms with Crippen LogP contribution in [0.25, 0.3) is 0 Å². The number of ether oxygens (including phenoxy) is 1. The maximum Gasteiger partial charge on any atom is 0.326 e. The number of aryl methyl sites for hydroxylation is 2. The van der Waals surface area contributed by atoms with Crippen LogP contribution in [0, 0.1) is 11.3 Å². The van der Waals surface area contributed by atoms with Crippen LogP contribution in [0.3, 0.4) is 0 Å². The van der Waals surface area contributed by atoms with Gasteiger partial charge in [0.1, 0.15) is 12.1 Å². The number of benzene rings is 1. The second-order valence-electron chi connectivity index (χ2n) is 10.4. The van der Waals surface area contributed by atoms with Crippen molar-refractivity contribution < 1.29 is 23.9 Å². The van der Waals surface area contributed by atoms with E-state index in [0.717, 1.165) is 47.4 Å². The monoisotopic (exact) mass is 471 g/mol. The molecule has 34 heavy (non-hydrogen) atoms. The van der Waals surface area contributed by atoms with E-state index in [1.165, 1.54) is 0 Å². The van der Waals surface area contributed by atoms with Gasteiger partial charge in [-0.25, -0.2) is 4.79 Å². The van der Waals surface area contributed by atoms with E-state index in [1.807, 2.05) is 32.0 Å². The van der Waals surface area contributed by atoms with Gasteiger partial charge in [0.25, 0.3) is 11.8 Å². The van der Waals surface area contributed by atoms with Crippen molar-refractivity contribution in [3.63, 3.8) is 0 Å². The first-order valence-corrected chi connectivity index (χ1v) is 12.2. The zero-order chi connectivity index (χ0) is 25.1. The van der Waals surface area contributed by atoms with Crippen molar-refractivity contribution in [1.29, 1.82) is 0 Å². The standard InChI is InChI=1S/C26H37N3O5/c1-6-17-9-8-10-18(7-2)22(17)27-20(30)16-34-21(31)15-29-23(32)26(28-24(29)33)13-11-19(12-14-26)25(3,4)5/h8-10,19H,6-7,11-16H2,1-5H3,(H,27,30)(H,28,33). The first kappa shape index (κ1) is 25.7. The number of carbonyl (C=O) groups excluding carboxylic acids is 4. The Morgan fingerprint density at radius 3 is 2.24 bits per heavy atom. The summed E-state index contributed by atoms with van der Waals surface area (Å²) in [6, 6.07) is 5.27. The molecule has 8 nitrogen and oxygen atoms in total. The lowest BCUT2D eigenvalue weighted by molar-refractivity contribution is -0.150. The molecular weight excluding hydrogens is 434 g/mol. The van der Waals surface area contributed by atoms with Gasteiger partial charge in [-0.05, 0) is 61.0 Å². The van der Waals surface area contributed by atoms with Crippen LogP contribution in [0.15, 0.2) is 18.2 Å². The molecule has 186 valence electrons. The van der Waals surface area contributed by atoms with E-state index in [1.54, 1.807) is 0 Å². The summed E-state index contributed by atoms with van der Waals surface area (Å²) in [6.45, 7) is 9.58. The molecule has 2 fully saturated rings. The molecule has 2 N–H and O–H groups in total. The molecule has 1 aromatic carbocycles. The van der Waals surface area contributed by atoms with Crippen molar-refractivity contribution in [3.8, 4) is 0 Å². The molecule has 1 heterocycles. The van der Waals surface area contributed by atoms with Gasteiger partial charge >= 0.3 is 12.0 Å². The quantitative estimate of drug-likeness (QED) is 0.465. The van der Waals surface area contributed by atoms with Crippen molar-refractivity contribution in [1.82, 2.24) is 10.2 Å². The number of nitrogens with one attached hydrogen (secondary N) is 2. The number of nitrogens with zero attached hydrogens (tertiary/aromatic N) is 1. The van der Waals surface area contributed by atoms with Crippen molar-refractivity contribution >= 4 is 29.5 Å². The summed E-state index contributed by atoms with van der Waals surface area (Å²) in [5, 5.41) is 5.65. The first-order valence-electron chi connectivity index (χ1n) is 12.2. The van der Waals surface area contributed by atoms with Gasteiger partial charge in [-0.2, -0.15) is 0 Å². The van der Waals surface area contributed by atoms with Crippen molar-refractivity contribution in [3.05, 3.63) is 29.3 Å². The van der Waals surface area contributed by atoms with Gasteiger partial charge in [-0.1, -0.05) is 52.8 Å². The van der Waals surface area contributed by atoms with Gasteiger partial charge in [-0.15, -0.1) is 0 Å². The minimum atomic E-state index is -0.934. The van der Waals surface area contributed by atoms with E-state index < -0.39 is 36.6 Å². The summed E-state index contributed by atoms with van der Waals surface area (Å²) in [4.78, 5) is 51.3. The zero-order valence-corrected chi connectivity index (χ0v) is 21.0. The number of carbonyl (C=O) groups is 4. The Kier molecular flexibility index (Phi) is 7.68. The molecule has 0 atom stereocenters. The Balaban J connectivity index is 1.54. The van der Waals surface area contributed by atoms with Crippen LogP contribution in [0.2, 0.25) is 0 Å². The number of esters is 1. The maximum absolute atomic E-state index is 13.1. The zero-order valence-electron chi connectivity index (χ0n) is 21.0. The molecule has 1 aliphatic heterocycles. The van der Waals surface area contributed by atoms with E-state index in [9.17, 15) is 19.2 Å². The lowest BCUT2D eigenvalue weighted by atomic mass is 9.67. The molecule has 1 aromatic rings. The molecule has 0 aromatic heterocycles. The third kappa shape index (κ3) is 5.42. The molecule has 1 saturated carbocycles. The van der Waals surface area contributed by atoms with Crippen LogP contribution in [0.5, 0.6) is 0 Å². The molecule has 3 rings (SSSR count). The van der Waals surface area contributed by atoms with Gasteiger partial charge in [0.05, 0.1) is 0 Å². The third-order valence-electron chi connectivity index (χ3n) is 7.22. The minimum absolute atomic E-state index is 0.146. The predicted octanol–water partition coefficient (Wildman–Crippen LogP) is 3.82. The van der Waals surface area contributed by atoms with E-state index >= 15 is 0 Å². The predicted molar refractivity (Wildman–Crippen MR) is 129 cm³/mol. The SMILES string of the molecule is CCc1cccc(CC)c1NC(=O)COC(=O)CN1C(=O)NC2(CCC(C(C)(C)C)CC2)C1=O. The summed E-state index contributed by atoms with van der Waals surface area (Å²) in [5.74, 6) is -1.15. The Morgan fingerprint density at radius 1 is 1.12 bits per heavy atom. The van der Waals surface area contributed by atoms with E-state index in [2.05, 4.69) is 31.4 Å². The van der Waals surface area contributed by atoms with Gasteiger partial charge in [0.2, 0.25) is 0 Å². The second kappa shape index (κ2) is 10.2. The van der Waals surface area contributed by atoms with Crippen LogP contribution < -0.4 is 10.6 Å². The summed E-state index contributed by atoms with van der Waals surface area (Å²) in [6.07, 6.45) is 4.31. The number of urea groups is 1. The number of hydrogen-bond donors (Lipinski definition) is 2. The number of rotatable bonds is 7. The number of hydrogen-bond acceptors (Lipinski definition) is 5. The Morgan fingerprint density at radius 2 is 1.71 bits per heavy atom. The van der Waals surface area contributed by atoms with Crippen LogP contribution in [0.1, 0.15) is 71.4 Å². The van der Waals surface area contributed by atoms with Crippen molar-refractivity contribution in [2.75, 3.05) is 18.5 Å². The van der Waals surface area contributed by atoms with Crippen LogP contribution in [0.4, 0.5) is 10.5 Å². The molecule has 2 aliphatic rings. The smallest absolute Gasteiger partial charge is 0.326 e. The Hall–Kier alpha value is -2.90. The average Bonchev–Trinajstić information content (AvgIpc) is 3.01. The normalized spacial score (nSPS) is 22.6. The average molecular weight is 472 g/mol. The van der Waals surface area contributed by atoms with Gasteiger partial charge < -0.3 is 15.4 Å². The lowest BCUT2D eigenvalue weighted by Crippen LogP contribution is -2.50. The highest BCUT2D eigenvalue weighted by Gasteiger charge is 2.53. The maximum atomic E-state index is 13.1. The number of amides is 4. The molecular formula is C26H37N3O5. The fourth-order valence-corrected chi connectivity index (χ4v) is 5.03. The minimum Gasteiger partial charge on any atom is -0.454 e. The van der Waals surface area contributed by atoms with E-state index in [4.69, 9.17) is 4.74 Å². The highest BCUT2D eigenvalue weighted by atomic mass is 16.5. The largest absolute Gasteiger partial charge is 0.454 e. The molecule has 0 radical (unpaired) electrons. The number of anilines is 1. The second-order valence-corrected chi connectivity index (χ2v) is 10.4. The van der Waals surface area contributed by atoms with E-state index in [-0.39, 0.29) is 11.3 Å². The van der Waals surface area contributed by atoms with Crippen LogP contribution >= 0.6 is 0 Å². The van der Waals surface area contributed by atoms with Crippen molar-refractivity contribution in [2.24, 2.45) is 11.3 Å². The topological polar surface area (TPSA) is 105 Å². The van der Waals surface area contributed by atoms with Crippen LogP contribution in [-0.2, 0) is 32.0 Å². The molecule has 1 saturated heterocycles. The lowest BCUT2D eigenvalue weighted by Gasteiger charge is -2.40. The Labute approximate surface area is 201 Å². The molecule has 8 heteroatoms. The van der Waals surface area contributed by atoms with Gasteiger partial charge in [-0.3, -0.25) is 19.3 Å².